The lowest BCUT2D eigenvalue weighted by Gasteiger charge is -2.09. The van der Waals surface area contributed by atoms with Crippen molar-refractivity contribution < 1.29 is 27.2 Å². The van der Waals surface area contributed by atoms with Crippen LogP contribution in [0.5, 0.6) is 5.88 Å². The molecular weight excluding hydrogens is 250 g/mol. The summed E-state index contributed by atoms with van der Waals surface area (Å²) in [7, 11) is 0. The van der Waals surface area contributed by atoms with Gasteiger partial charge in [0.05, 0.1) is 4.92 Å². The lowest BCUT2D eigenvalue weighted by molar-refractivity contribution is -0.388. The number of nitro groups is 1. The second-order valence-electron chi connectivity index (χ2n) is 2.85. The first-order chi connectivity index (χ1) is 7.70. The van der Waals surface area contributed by atoms with E-state index in [0.717, 1.165) is 0 Å². The summed E-state index contributed by atoms with van der Waals surface area (Å²) < 4.78 is 52.4. The number of pyridine rings is 1. The Labute approximate surface area is 91.1 Å². The van der Waals surface area contributed by atoms with E-state index in [-0.39, 0.29) is 0 Å². The summed E-state index contributed by atoms with van der Waals surface area (Å²) in [6.07, 6.45) is -4.65. The number of hydrogen-bond donors (Lipinski definition) is 1. The van der Waals surface area contributed by atoms with Crippen molar-refractivity contribution in [2.24, 2.45) is 0 Å². The van der Waals surface area contributed by atoms with Gasteiger partial charge in [-0.25, -0.2) is 0 Å². The van der Waals surface area contributed by atoms with Crippen LogP contribution < -0.4 is 10.5 Å². The normalized spacial score (nSPS) is 11.3. The molecule has 0 saturated carbocycles. The maximum Gasteiger partial charge on any atom is 0.422 e. The summed E-state index contributed by atoms with van der Waals surface area (Å²) >= 11 is 0. The maximum atomic E-state index is 12.9. The monoisotopic (exact) mass is 255 g/mol. The van der Waals surface area contributed by atoms with Gasteiger partial charge < -0.3 is 10.5 Å². The van der Waals surface area contributed by atoms with E-state index in [0.29, 0.717) is 6.07 Å². The van der Waals surface area contributed by atoms with Crippen LogP contribution in [0.25, 0.3) is 0 Å². The topological polar surface area (TPSA) is 91.3 Å². The molecule has 0 radical (unpaired) electrons. The molecule has 10 heteroatoms. The molecule has 0 bridgehead atoms. The molecule has 0 fully saturated rings. The highest BCUT2D eigenvalue weighted by Gasteiger charge is 2.30. The SMILES string of the molecule is Nc1cc([N+](=O)[O-])c(F)nc1OCC(F)(F)F. The Balaban J connectivity index is 2.96. The maximum absolute atomic E-state index is 12.9. The summed E-state index contributed by atoms with van der Waals surface area (Å²) in [4.78, 5) is 12.0. The van der Waals surface area contributed by atoms with Crippen molar-refractivity contribution in [2.75, 3.05) is 12.3 Å². The van der Waals surface area contributed by atoms with Crippen LogP contribution in [0, 0.1) is 16.1 Å². The van der Waals surface area contributed by atoms with Crippen molar-refractivity contribution >= 4 is 11.4 Å². The molecule has 0 aliphatic heterocycles. The third kappa shape index (κ3) is 3.43. The fourth-order valence-electron chi connectivity index (χ4n) is 0.873. The highest BCUT2D eigenvalue weighted by atomic mass is 19.4. The van der Waals surface area contributed by atoms with Gasteiger partial charge in [0.1, 0.15) is 5.69 Å². The minimum atomic E-state index is -4.65. The van der Waals surface area contributed by atoms with Crippen LogP contribution in [0.2, 0.25) is 0 Å². The number of alkyl halides is 3. The third-order valence-electron chi connectivity index (χ3n) is 1.52. The number of anilines is 1. The van der Waals surface area contributed by atoms with Crippen LogP contribution in [0.1, 0.15) is 0 Å². The van der Waals surface area contributed by atoms with Crippen LogP contribution in [-0.2, 0) is 0 Å². The molecule has 6 nitrogen and oxygen atoms in total. The van der Waals surface area contributed by atoms with E-state index in [4.69, 9.17) is 5.73 Å². The summed E-state index contributed by atoms with van der Waals surface area (Å²) in [6, 6.07) is 0.536. The van der Waals surface area contributed by atoms with Crippen molar-refractivity contribution in [1.82, 2.24) is 4.98 Å². The first-order valence-corrected chi connectivity index (χ1v) is 4.00. The second kappa shape index (κ2) is 4.39. The van der Waals surface area contributed by atoms with Crippen LogP contribution in [0.4, 0.5) is 28.9 Å². The lowest BCUT2D eigenvalue weighted by atomic mass is 10.3. The number of halogens is 4. The average Bonchev–Trinajstić information content (AvgIpc) is 2.17. The Morgan fingerprint density at radius 2 is 2.12 bits per heavy atom. The number of rotatable bonds is 3. The average molecular weight is 255 g/mol. The van der Waals surface area contributed by atoms with E-state index in [9.17, 15) is 27.7 Å². The zero-order valence-corrected chi connectivity index (χ0v) is 7.99. The Morgan fingerprint density at radius 1 is 1.53 bits per heavy atom. The molecule has 17 heavy (non-hydrogen) atoms. The molecule has 2 N–H and O–H groups in total. The molecule has 0 saturated heterocycles. The minimum Gasteiger partial charge on any atom is -0.466 e. The first kappa shape index (κ1) is 12.9. The molecule has 0 aliphatic rings. The number of ether oxygens (including phenoxy) is 1. The van der Waals surface area contributed by atoms with E-state index < -0.39 is 40.9 Å². The molecule has 1 aromatic rings. The van der Waals surface area contributed by atoms with E-state index in [2.05, 4.69) is 9.72 Å². The van der Waals surface area contributed by atoms with E-state index >= 15 is 0 Å². The standard InChI is InChI=1S/C7H5F4N3O3/c8-5-4(14(15)16)1-3(12)6(13-5)17-2-7(9,10)11/h1H,2,12H2. The fraction of sp³-hybridized carbons (Fsp3) is 0.286. The number of aromatic nitrogens is 1. The van der Waals surface area contributed by atoms with Gasteiger partial charge in [-0.1, -0.05) is 0 Å². The van der Waals surface area contributed by atoms with E-state index in [1.807, 2.05) is 0 Å². The fourth-order valence-corrected chi connectivity index (χ4v) is 0.873. The third-order valence-corrected chi connectivity index (χ3v) is 1.52. The van der Waals surface area contributed by atoms with E-state index in [1.165, 1.54) is 0 Å². The number of nitrogen functional groups attached to an aromatic ring is 1. The van der Waals surface area contributed by atoms with Crippen molar-refractivity contribution in [3.63, 3.8) is 0 Å². The van der Waals surface area contributed by atoms with Crippen molar-refractivity contribution in [3.8, 4) is 5.88 Å². The number of nitrogens with two attached hydrogens (primary N) is 1. The molecule has 0 amide bonds. The minimum absolute atomic E-state index is 0.536. The van der Waals surface area contributed by atoms with Gasteiger partial charge in [0.2, 0.25) is 5.88 Å². The molecule has 1 aromatic heterocycles. The van der Waals surface area contributed by atoms with Gasteiger partial charge >= 0.3 is 11.9 Å². The molecule has 0 aromatic carbocycles. The Hall–Kier alpha value is -2.13. The molecular formula is C7H5F4N3O3. The predicted octanol–water partition coefficient (Wildman–Crippen LogP) is 1.65. The van der Waals surface area contributed by atoms with Gasteiger partial charge in [0.15, 0.2) is 6.61 Å². The molecule has 94 valence electrons. The van der Waals surface area contributed by atoms with Crippen molar-refractivity contribution in [3.05, 3.63) is 22.1 Å². The van der Waals surface area contributed by atoms with E-state index in [1.54, 1.807) is 0 Å². The molecule has 0 aliphatic carbocycles. The number of hydrogen-bond acceptors (Lipinski definition) is 5. The van der Waals surface area contributed by atoms with Crippen LogP contribution >= 0.6 is 0 Å². The molecule has 0 atom stereocenters. The zero-order chi connectivity index (χ0) is 13.2. The lowest BCUT2D eigenvalue weighted by Crippen LogP contribution is -2.20. The predicted molar refractivity (Wildman–Crippen MR) is 46.8 cm³/mol. The summed E-state index contributed by atoms with van der Waals surface area (Å²) in [6.45, 7) is -1.72. The van der Waals surface area contributed by atoms with Gasteiger partial charge in [-0.3, -0.25) is 10.1 Å². The van der Waals surface area contributed by atoms with Gasteiger partial charge in [0, 0.05) is 6.07 Å². The Bertz CT molecular complexity index is 449. The molecule has 0 spiro atoms. The van der Waals surface area contributed by atoms with Crippen molar-refractivity contribution in [2.45, 2.75) is 6.18 Å². The summed E-state index contributed by atoms with van der Waals surface area (Å²) in [5, 5.41) is 10.3. The highest BCUT2D eigenvalue weighted by Crippen LogP contribution is 2.27. The van der Waals surface area contributed by atoms with Crippen molar-refractivity contribution in [1.29, 1.82) is 0 Å². The quantitative estimate of drug-likeness (QED) is 0.383. The summed E-state index contributed by atoms with van der Waals surface area (Å²) in [5.74, 6) is -2.41. The zero-order valence-electron chi connectivity index (χ0n) is 7.99. The molecule has 0 unspecified atom stereocenters. The van der Waals surface area contributed by atoms with Crippen LogP contribution in [0.3, 0.4) is 0 Å². The number of nitrogens with zero attached hydrogens (tertiary/aromatic N) is 2. The smallest absolute Gasteiger partial charge is 0.422 e. The van der Waals surface area contributed by atoms with Gasteiger partial charge in [-0.15, -0.1) is 0 Å². The highest BCUT2D eigenvalue weighted by molar-refractivity contribution is 5.54. The Kier molecular flexibility index (Phi) is 3.34. The van der Waals surface area contributed by atoms with Gasteiger partial charge in [-0.05, 0) is 0 Å². The largest absolute Gasteiger partial charge is 0.466 e. The van der Waals surface area contributed by atoms with Crippen LogP contribution in [-0.4, -0.2) is 22.7 Å². The molecule has 1 heterocycles. The van der Waals surface area contributed by atoms with Gasteiger partial charge in [0.25, 0.3) is 5.95 Å². The first-order valence-electron chi connectivity index (χ1n) is 4.00. The Morgan fingerprint density at radius 3 is 2.59 bits per heavy atom. The molecule has 1 rings (SSSR count). The summed E-state index contributed by atoms with van der Waals surface area (Å²) in [5.41, 5.74) is 3.54. The van der Waals surface area contributed by atoms with Crippen LogP contribution in [0.15, 0.2) is 6.07 Å². The second-order valence-corrected chi connectivity index (χ2v) is 2.85. The van der Waals surface area contributed by atoms with Gasteiger partial charge in [-0.2, -0.15) is 22.5 Å².